The van der Waals surface area contributed by atoms with E-state index in [2.05, 4.69) is 20.4 Å². The van der Waals surface area contributed by atoms with Gasteiger partial charge < -0.3 is 9.84 Å². The average molecular weight is 349 g/mol. The second-order valence-corrected chi connectivity index (χ2v) is 5.51. The van der Waals surface area contributed by atoms with Gasteiger partial charge in [0.1, 0.15) is 0 Å². The summed E-state index contributed by atoms with van der Waals surface area (Å²) in [7, 11) is 0. The molecule has 2 aromatic heterocycles. The molecule has 0 aliphatic heterocycles. The molecule has 1 amide bonds. The number of amides is 1. The highest BCUT2D eigenvalue weighted by Crippen LogP contribution is 2.22. The van der Waals surface area contributed by atoms with E-state index in [1.807, 2.05) is 0 Å². The molecule has 0 spiro atoms. The molecule has 0 aliphatic carbocycles. The normalized spacial score (nSPS) is 10.5. The highest BCUT2D eigenvalue weighted by molar-refractivity contribution is 6.35. The van der Waals surface area contributed by atoms with Crippen LogP contribution in [0.4, 0.5) is 5.69 Å². The number of rotatable bonds is 4. The second kappa shape index (κ2) is 6.76. The van der Waals surface area contributed by atoms with Crippen molar-refractivity contribution < 1.29 is 9.32 Å². The van der Waals surface area contributed by atoms with Gasteiger partial charge >= 0.3 is 0 Å². The summed E-state index contributed by atoms with van der Waals surface area (Å²) in [6.45, 7) is 0. The van der Waals surface area contributed by atoms with Crippen molar-refractivity contribution >= 4 is 34.8 Å². The number of hydrogen-bond acceptors (Lipinski definition) is 5. The quantitative estimate of drug-likeness (QED) is 0.778. The molecule has 0 unspecified atom stereocenters. The number of nitrogens with one attached hydrogen (secondary N) is 1. The second-order valence-electron chi connectivity index (χ2n) is 4.63. The number of hydrogen-bond donors (Lipinski definition) is 1. The van der Waals surface area contributed by atoms with Gasteiger partial charge in [-0.25, -0.2) is 0 Å². The van der Waals surface area contributed by atoms with Crippen molar-refractivity contribution in [1.82, 2.24) is 15.1 Å². The van der Waals surface area contributed by atoms with E-state index in [9.17, 15) is 4.79 Å². The maximum absolute atomic E-state index is 12.0. The fraction of sp³-hybridized carbons (Fsp3) is 0.0667. The molecule has 0 radical (unpaired) electrons. The Morgan fingerprint density at radius 1 is 1.13 bits per heavy atom. The van der Waals surface area contributed by atoms with Crippen molar-refractivity contribution in [1.29, 1.82) is 0 Å². The van der Waals surface area contributed by atoms with Gasteiger partial charge in [0.2, 0.25) is 5.91 Å². The lowest BCUT2D eigenvalue weighted by Gasteiger charge is -2.04. The van der Waals surface area contributed by atoms with Gasteiger partial charge in [0.05, 0.1) is 6.42 Å². The Kier molecular flexibility index (Phi) is 4.55. The van der Waals surface area contributed by atoms with Gasteiger partial charge in [-0.05, 0) is 30.3 Å². The number of nitrogens with zero attached hydrogens (tertiary/aromatic N) is 3. The van der Waals surface area contributed by atoms with Gasteiger partial charge in [0.15, 0.2) is 5.82 Å². The van der Waals surface area contributed by atoms with Crippen LogP contribution in [0.2, 0.25) is 10.0 Å². The van der Waals surface area contributed by atoms with E-state index in [0.29, 0.717) is 21.6 Å². The van der Waals surface area contributed by atoms with Crippen LogP contribution >= 0.6 is 23.2 Å². The van der Waals surface area contributed by atoms with Crippen molar-refractivity contribution in [2.75, 3.05) is 5.32 Å². The lowest BCUT2D eigenvalue weighted by Crippen LogP contribution is -2.15. The van der Waals surface area contributed by atoms with Gasteiger partial charge in [-0.15, -0.1) is 0 Å². The monoisotopic (exact) mass is 348 g/mol. The van der Waals surface area contributed by atoms with Crippen LogP contribution in [-0.2, 0) is 11.2 Å². The molecular weight excluding hydrogens is 339 g/mol. The standard InChI is InChI=1S/C15H10Cl2N4O2/c16-10-5-11(17)7-12(6-10)19-14(22)8-13-20-15(23-21-13)9-1-3-18-4-2-9/h1-7H,8H2,(H,19,22). The van der Waals surface area contributed by atoms with E-state index < -0.39 is 0 Å². The molecule has 1 aromatic carbocycles. The summed E-state index contributed by atoms with van der Waals surface area (Å²) >= 11 is 11.8. The first-order valence-corrected chi connectivity index (χ1v) is 7.35. The summed E-state index contributed by atoms with van der Waals surface area (Å²) in [5.74, 6) is 0.314. The summed E-state index contributed by atoms with van der Waals surface area (Å²) in [6.07, 6.45) is 3.21. The molecular formula is C15H10Cl2N4O2. The van der Waals surface area contributed by atoms with Crippen LogP contribution < -0.4 is 5.32 Å². The number of anilines is 1. The van der Waals surface area contributed by atoms with Gasteiger partial charge in [0.25, 0.3) is 5.89 Å². The number of benzene rings is 1. The van der Waals surface area contributed by atoms with Crippen LogP contribution in [0, 0.1) is 0 Å². The zero-order chi connectivity index (χ0) is 16.2. The largest absolute Gasteiger partial charge is 0.334 e. The Bertz CT molecular complexity index is 816. The number of carbonyl (C=O) groups excluding carboxylic acids is 1. The Hall–Kier alpha value is -2.44. The van der Waals surface area contributed by atoms with Crippen molar-refractivity contribution in [2.24, 2.45) is 0 Å². The SMILES string of the molecule is O=C(Cc1noc(-c2ccncc2)n1)Nc1cc(Cl)cc(Cl)c1. The van der Waals surface area contributed by atoms with Crippen molar-refractivity contribution in [3.63, 3.8) is 0 Å². The van der Waals surface area contributed by atoms with E-state index in [0.717, 1.165) is 5.56 Å². The molecule has 8 heteroatoms. The van der Waals surface area contributed by atoms with Gasteiger partial charge in [0, 0.05) is 33.7 Å². The number of halogens is 2. The van der Waals surface area contributed by atoms with E-state index in [4.69, 9.17) is 27.7 Å². The summed E-state index contributed by atoms with van der Waals surface area (Å²) in [6, 6.07) is 8.27. The van der Waals surface area contributed by atoms with Crippen LogP contribution in [0.3, 0.4) is 0 Å². The third-order valence-electron chi connectivity index (χ3n) is 2.86. The molecule has 6 nitrogen and oxygen atoms in total. The summed E-state index contributed by atoms with van der Waals surface area (Å²) in [4.78, 5) is 20.1. The minimum Gasteiger partial charge on any atom is -0.334 e. The topological polar surface area (TPSA) is 80.9 Å². The molecule has 116 valence electrons. The predicted molar refractivity (Wildman–Crippen MR) is 86.3 cm³/mol. The summed E-state index contributed by atoms with van der Waals surface area (Å²) in [5.41, 5.74) is 1.24. The van der Waals surface area contributed by atoms with E-state index >= 15 is 0 Å². The maximum atomic E-state index is 12.0. The molecule has 23 heavy (non-hydrogen) atoms. The van der Waals surface area contributed by atoms with Crippen molar-refractivity contribution in [3.05, 3.63) is 58.6 Å². The first kappa shape index (κ1) is 15.5. The average Bonchev–Trinajstić information content (AvgIpc) is 2.95. The van der Waals surface area contributed by atoms with Crippen LogP contribution in [0.25, 0.3) is 11.5 Å². The first-order chi connectivity index (χ1) is 11.1. The predicted octanol–water partition coefficient (Wildman–Crippen LogP) is 3.62. The molecule has 0 aliphatic rings. The van der Waals surface area contributed by atoms with Crippen molar-refractivity contribution in [3.8, 4) is 11.5 Å². The Labute approximate surface area is 141 Å². The summed E-state index contributed by atoms with van der Waals surface area (Å²) < 4.78 is 5.13. The highest BCUT2D eigenvalue weighted by Gasteiger charge is 2.13. The lowest BCUT2D eigenvalue weighted by atomic mass is 10.3. The molecule has 3 rings (SSSR count). The smallest absolute Gasteiger partial charge is 0.258 e. The van der Waals surface area contributed by atoms with Crippen LogP contribution in [0.5, 0.6) is 0 Å². The van der Waals surface area contributed by atoms with Gasteiger partial charge in [-0.2, -0.15) is 4.98 Å². The Morgan fingerprint density at radius 3 is 2.52 bits per heavy atom. The van der Waals surface area contributed by atoms with Crippen LogP contribution in [0.1, 0.15) is 5.82 Å². The van der Waals surface area contributed by atoms with E-state index in [1.54, 1.807) is 42.7 Å². The fourth-order valence-corrected chi connectivity index (χ4v) is 2.44. The molecule has 0 atom stereocenters. The zero-order valence-electron chi connectivity index (χ0n) is 11.7. The molecule has 2 heterocycles. The molecule has 1 N–H and O–H groups in total. The third-order valence-corrected chi connectivity index (χ3v) is 3.30. The Morgan fingerprint density at radius 2 is 1.83 bits per heavy atom. The lowest BCUT2D eigenvalue weighted by molar-refractivity contribution is -0.115. The minimum atomic E-state index is -0.301. The Balaban J connectivity index is 1.68. The molecule has 0 bridgehead atoms. The van der Waals surface area contributed by atoms with Gasteiger partial charge in [-0.1, -0.05) is 28.4 Å². The molecule has 0 saturated carbocycles. The summed E-state index contributed by atoms with van der Waals surface area (Å²) in [5, 5.41) is 7.35. The number of aromatic nitrogens is 3. The first-order valence-electron chi connectivity index (χ1n) is 6.59. The highest BCUT2D eigenvalue weighted by atomic mass is 35.5. The van der Waals surface area contributed by atoms with Gasteiger partial charge in [-0.3, -0.25) is 9.78 Å². The van der Waals surface area contributed by atoms with Crippen LogP contribution in [0.15, 0.2) is 47.2 Å². The number of carbonyl (C=O) groups is 1. The molecule has 3 aromatic rings. The van der Waals surface area contributed by atoms with E-state index in [1.165, 1.54) is 0 Å². The third kappa shape index (κ3) is 4.06. The van der Waals surface area contributed by atoms with Crippen LogP contribution in [-0.4, -0.2) is 21.0 Å². The minimum absolute atomic E-state index is 0.0291. The number of pyridine rings is 1. The molecule has 0 fully saturated rings. The zero-order valence-corrected chi connectivity index (χ0v) is 13.2. The van der Waals surface area contributed by atoms with Crippen molar-refractivity contribution in [2.45, 2.75) is 6.42 Å². The van der Waals surface area contributed by atoms with E-state index in [-0.39, 0.29) is 18.2 Å². The maximum Gasteiger partial charge on any atom is 0.258 e. The fourth-order valence-electron chi connectivity index (χ4n) is 1.91. The molecule has 0 saturated heterocycles.